The normalized spacial score (nSPS) is 15.0. The van der Waals surface area contributed by atoms with Crippen LogP contribution in [-0.2, 0) is 65.4 Å². The van der Waals surface area contributed by atoms with Crippen molar-refractivity contribution in [1.82, 2.24) is 0 Å². The number of unbranched alkanes of at least 4 members (excludes halogenated alkanes) is 10. The number of ether oxygens (including phenoxy) is 4. The first kappa shape index (κ1) is 97.6. The highest BCUT2D eigenvalue weighted by Gasteiger charge is 2.30. The van der Waals surface area contributed by atoms with Crippen LogP contribution in [-0.4, -0.2) is 96.7 Å². The molecule has 0 aromatic carbocycles. The maximum atomic E-state index is 13.1. The van der Waals surface area contributed by atoms with Gasteiger partial charge in [-0.2, -0.15) is 0 Å². The van der Waals surface area contributed by atoms with E-state index in [1.54, 1.807) is 12.2 Å². The van der Waals surface area contributed by atoms with Gasteiger partial charge < -0.3 is 33.8 Å². The number of hydrogen-bond acceptors (Lipinski definition) is 15. The number of carbonyl (C=O) groups excluding carboxylic acids is 4. The van der Waals surface area contributed by atoms with E-state index in [0.717, 1.165) is 161 Å². The van der Waals surface area contributed by atoms with E-state index in [-0.39, 0.29) is 25.7 Å². The quantitative estimate of drug-likeness (QED) is 0.0169. The third kappa shape index (κ3) is 73.9. The Morgan fingerprint density at radius 2 is 0.510 bits per heavy atom. The summed E-state index contributed by atoms with van der Waals surface area (Å²) in [4.78, 5) is 72.9. The second-order valence-corrected chi connectivity index (χ2v) is 27.3. The summed E-state index contributed by atoms with van der Waals surface area (Å²) in [5.41, 5.74) is 0. The number of phosphoric ester groups is 2. The van der Waals surface area contributed by atoms with Crippen LogP contribution in [0.5, 0.6) is 0 Å². The van der Waals surface area contributed by atoms with E-state index in [1.165, 1.54) is 0 Å². The summed E-state index contributed by atoms with van der Waals surface area (Å²) < 4.78 is 68.3. The Kier molecular flexibility index (Phi) is 70.3. The number of aliphatic hydroxyl groups is 1. The molecule has 0 saturated heterocycles. The molecule has 0 aliphatic carbocycles. The van der Waals surface area contributed by atoms with Crippen molar-refractivity contribution < 1.29 is 80.2 Å². The summed E-state index contributed by atoms with van der Waals surface area (Å²) in [6.45, 7) is 4.14. The molecule has 0 amide bonds. The minimum absolute atomic E-state index is 0.0250. The first-order chi connectivity index (χ1) is 50.7. The third-order valence-corrected chi connectivity index (χ3v) is 16.7. The molecule has 0 aromatic rings. The van der Waals surface area contributed by atoms with Crippen LogP contribution in [0.15, 0.2) is 207 Å². The van der Waals surface area contributed by atoms with Crippen molar-refractivity contribution in [2.75, 3.05) is 39.6 Å². The van der Waals surface area contributed by atoms with Gasteiger partial charge in [0.1, 0.15) is 19.3 Å². The lowest BCUT2D eigenvalue weighted by molar-refractivity contribution is -0.161. The Morgan fingerprint density at radius 3 is 0.817 bits per heavy atom. The lowest BCUT2D eigenvalue weighted by Crippen LogP contribution is -2.30. The number of phosphoric acid groups is 2. The predicted molar refractivity (Wildman–Crippen MR) is 426 cm³/mol. The van der Waals surface area contributed by atoms with Crippen LogP contribution in [0.3, 0.4) is 0 Å². The van der Waals surface area contributed by atoms with Gasteiger partial charge in [-0.1, -0.05) is 260 Å². The first-order valence-corrected chi connectivity index (χ1v) is 41.3. The molecule has 104 heavy (non-hydrogen) atoms. The van der Waals surface area contributed by atoms with Crippen molar-refractivity contribution in [2.24, 2.45) is 0 Å². The van der Waals surface area contributed by atoms with Crippen LogP contribution in [0.4, 0.5) is 0 Å². The Labute approximate surface area is 627 Å². The number of allylic oxidation sites excluding steroid dienone is 33. The molecule has 584 valence electrons. The lowest BCUT2D eigenvalue weighted by Gasteiger charge is -2.21. The van der Waals surface area contributed by atoms with Crippen molar-refractivity contribution in [3.63, 3.8) is 0 Å². The van der Waals surface area contributed by atoms with Crippen LogP contribution in [0, 0.1) is 0 Å². The van der Waals surface area contributed by atoms with Gasteiger partial charge in [-0.15, -0.1) is 0 Å². The number of esters is 4. The molecule has 17 nitrogen and oxygen atoms in total. The van der Waals surface area contributed by atoms with Crippen molar-refractivity contribution in [3.8, 4) is 0 Å². The molecule has 19 heteroatoms. The molecule has 0 saturated carbocycles. The number of aliphatic hydroxyl groups excluding tert-OH is 1. The minimum atomic E-state index is -5.02. The van der Waals surface area contributed by atoms with Crippen molar-refractivity contribution >= 4 is 39.5 Å². The standard InChI is InChI=1S/C85H132O17P2/c1-5-9-13-17-21-25-29-33-37-39-43-45-49-53-57-61-65-69-82(87)95-75-80(101-84(89)71-67-63-59-55-51-47-41-35-31-27-23-19-15-11-7-3)77-99-103(91,92)97-73-79(86)74-98-104(93,94)100-78-81(102-85(90)72-68-64-60-56-52-48-42-36-32-28-24-20-16-12-8-4)76-96-83(88)70-66-62-58-54-50-46-44-40-38-34-30-26-22-18-14-10-6-2/h9-16,21-28,33-38,41-46,51-52,55-56,63,67,79-81,86H,5-8,17-20,29-32,39-40,47-50,53-54,57-62,64-66,68-78H2,1-4H3,(H,91,92)(H,93,94)/b13-9-,14-10-,15-11-,16-12-,25-21-,26-22-,27-23-,28-24-,37-33-,38-34-,41-35-,42-36-,45-43-,46-44-,55-51-,56-52-,67-63-. The molecule has 0 fully saturated rings. The number of hydrogen-bond donors (Lipinski definition) is 3. The Morgan fingerprint density at radius 1 is 0.279 bits per heavy atom. The highest BCUT2D eigenvalue weighted by Crippen LogP contribution is 2.45. The largest absolute Gasteiger partial charge is 0.472 e. The molecule has 0 heterocycles. The van der Waals surface area contributed by atoms with Crippen LogP contribution in [0.25, 0.3) is 0 Å². The van der Waals surface area contributed by atoms with Crippen LogP contribution < -0.4 is 0 Å². The van der Waals surface area contributed by atoms with Crippen molar-refractivity contribution in [3.05, 3.63) is 207 Å². The molecular weight excluding hydrogens is 1350 g/mol. The molecule has 0 aliphatic rings. The van der Waals surface area contributed by atoms with E-state index in [0.29, 0.717) is 32.1 Å². The van der Waals surface area contributed by atoms with Crippen molar-refractivity contribution in [1.29, 1.82) is 0 Å². The molecule has 0 bridgehead atoms. The fourth-order valence-corrected chi connectivity index (χ4v) is 10.7. The minimum Gasteiger partial charge on any atom is -0.462 e. The number of rotatable bonds is 69. The zero-order valence-corrected chi connectivity index (χ0v) is 65.4. The van der Waals surface area contributed by atoms with E-state index in [2.05, 4.69) is 210 Å². The summed E-state index contributed by atoms with van der Waals surface area (Å²) in [6, 6.07) is 0. The molecule has 0 spiro atoms. The lowest BCUT2D eigenvalue weighted by atomic mass is 10.1. The molecule has 0 aliphatic heterocycles. The van der Waals surface area contributed by atoms with Gasteiger partial charge >= 0.3 is 39.5 Å². The summed E-state index contributed by atoms with van der Waals surface area (Å²) in [7, 11) is -10.0. The first-order valence-electron chi connectivity index (χ1n) is 38.3. The van der Waals surface area contributed by atoms with E-state index >= 15 is 0 Å². The number of carbonyl (C=O) groups is 4. The average Bonchev–Trinajstić information content (AvgIpc) is 1.21. The zero-order chi connectivity index (χ0) is 76.0. The highest BCUT2D eigenvalue weighted by molar-refractivity contribution is 7.47. The molecule has 5 atom stereocenters. The SMILES string of the molecule is CC/C=C\C/C=C\C/C=C\C/C=C\C/C=C\CC(=O)OC(COC(=O)CCCCCC/C=C\C/C=C\C/C=C\C/C=C\CC)COP(=O)(O)OCC(O)COP(=O)(O)OCC(COC(=O)CCCCCC/C=C\C/C=C\C/C=C\C/C=C\CC)OC(=O)CCCC/C=C\C/C=C\C/C=C\C/C=C\CC. The van der Waals surface area contributed by atoms with E-state index < -0.39 is 97.5 Å². The van der Waals surface area contributed by atoms with Crippen molar-refractivity contribution in [2.45, 2.75) is 264 Å². The van der Waals surface area contributed by atoms with E-state index in [4.69, 9.17) is 37.0 Å². The summed E-state index contributed by atoms with van der Waals surface area (Å²) in [5, 5.41) is 10.6. The van der Waals surface area contributed by atoms with Gasteiger partial charge in [0.25, 0.3) is 0 Å². The molecule has 0 radical (unpaired) electrons. The van der Waals surface area contributed by atoms with Crippen LogP contribution in [0.2, 0.25) is 0 Å². The second kappa shape index (κ2) is 74.9. The predicted octanol–water partition coefficient (Wildman–Crippen LogP) is 22.3. The Hall–Kier alpha value is -6.36. The van der Waals surface area contributed by atoms with Gasteiger partial charge in [0.15, 0.2) is 12.2 Å². The van der Waals surface area contributed by atoms with Gasteiger partial charge in [0.2, 0.25) is 0 Å². The van der Waals surface area contributed by atoms with Gasteiger partial charge in [0, 0.05) is 19.3 Å². The summed E-state index contributed by atoms with van der Waals surface area (Å²) in [6.07, 6.45) is 92.8. The van der Waals surface area contributed by atoms with Gasteiger partial charge in [-0.05, 0) is 167 Å². The van der Waals surface area contributed by atoms with Gasteiger partial charge in [-0.25, -0.2) is 9.13 Å². The Bertz CT molecular complexity index is 2790. The Balaban J connectivity index is 5.54. The van der Waals surface area contributed by atoms with Gasteiger partial charge in [-0.3, -0.25) is 37.3 Å². The smallest absolute Gasteiger partial charge is 0.462 e. The average molecular weight is 1490 g/mol. The fraction of sp³-hybridized carbons (Fsp3) is 0.553. The summed E-state index contributed by atoms with van der Waals surface area (Å²) in [5.74, 6) is -2.46. The monoisotopic (exact) mass is 1490 g/mol. The fourth-order valence-electron chi connectivity index (χ4n) is 9.09. The highest BCUT2D eigenvalue weighted by atomic mass is 31.2. The summed E-state index contributed by atoms with van der Waals surface area (Å²) >= 11 is 0. The zero-order valence-electron chi connectivity index (χ0n) is 63.6. The molecule has 3 N–H and O–H groups in total. The van der Waals surface area contributed by atoms with E-state index in [9.17, 15) is 43.2 Å². The van der Waals surface area contributed by atoms with Crippen LogP contribution in [0.1, 0.15) is 246 Å². The third-order valence-electron chi connectivity index (χ3n) is 14.8. The van der Waals surface area contributed by atoms with E-state index in [1.807, 2.05) is 12.2 Å². The molecular formula is C85H132O17P2. The maximum Gasteiger partial charge on any atom is 0.472 e. The van der Waals surface area contributed by atoms with Gasteiger partial charge in [0.05, 0.1) is 32.8 Å². The maximum absolute atomic E-state index is 13.1. The molecule has 5 unspecified atom stereocenters. The molecule has 0 rings (SSSR count). The van der Waals surface area contributed by atoms with Crippen LogP contribution >= 0.6 is 15.6 Å². The topological polar surface area (TPSA) is 237 Å². The second-order valence-electron chi connectivity index (χ2n) is 24.4. The molecule has 0 aromatic heterocycles.